The summed E-state index contributed by atoms with van der Waals surface area (Å²) in [6.45, 7) is 4.40. The summed E-state index contributed by atoms with van der Waals surface area (Å²) >= 11 is 6.96. The van der Waals surface area contributed by atoms with Crippen molar-refractivity contribution >= 4 is 102 Å². The first kappa shape index (κ1) is 30.2. The molecule has 0 atom stereocenters. The first-order valence-electron chi connectivity index (χ1n) is 14.9. The Morgan fingerprint density at radius 3 is 1.68 bits per heavy atom. The molecule has 0 aliphatic carbocycles. The number of halogens is 1. The van der Waals surface area contributed by atoms with Gasteiger partial charge in [-0.2, -0.15) is 0 Å². The van der Waals surface area contributed by atoms with E-state index >= 15 is 0 Å². The van der Waals surface area contributed by atoms with Gasteiger partial charge in [0.05, 0.1) is 11.0 Å². The van der Waals surface area contributed by atoms with E-state index in [1.54, 1.807) is 0 Å². The molecule has 0 aliphatic heterocycles. The molecule has 6 heteroatoms. The summed E-state index contributed by atoms with van der Waals surface area (Å²) in [6, 6.07) is 37.7. The van der Waals surface area contributed by atoms with Gasteiger partial charge in [-0.05, 0) is 59.0 Å². The molecule has 0 saturated carbocycles. The van der Waals surface area contributed by atoms with Gasteiger partial charge in [-0.15, -0.1) is 0 Å². The third kappa shape index (κ3) is 5.14. The van der Waals surface area contributed by atoms with Gasteiger partial charge < -0.3 is 9.13 Å². The summed E-state index contributed by atoms with van der Waals surface area (Å²) in [7, 11) is 8.66. The summed E-state index contributed by atoms with van der Waals surface area (Å²) < 4.78 is 8.50. The Balaban J connectivity index is 0.000000144. The second-order valence-electron chi connectivity index (χ2n) is 11.1. The average Bonchev–Trinajstić information content (AvgIpc) is 3.52. The van der Waals surface area contributed by atoms with E-state index in [0.717, 1.165) is 12.8 Å². The zero-order chi connectivity index (χ0) is 31.0. The molecule has 6 aromatic carbocycles. The van der Waals surface area contributed by atoms with Gasteiger partial charge in [0.2, 0.25) is 0 Å². The summed E-state index contributed by atoms with van der Waals surface area (Å²) in [4.78, 5) is 0. The van der Waals surface area contributed by atoms with E-state index < -0.39 is 0 Å². The Hall–Kier alpha value is -3.87. The Labute approximate surface area is 273 Å². The summed E-state index contributed by atoms with van der Waals surface area (Å²) in [6.07, 6.45) is 2.15. The van der Waals surface area contributed by atoms with Gasteiger partial charge in [0.25, 0.3) is 0 Å². The number of para-hydroxylation sites is 2. The molecule has 1 radical (unpaired) electrons. The van der Waals surface area contributed by atoms with Crippen LogP contribution in [0.15, 0.2) is 112 Å². The van der Waals surface area contributed by atoms with Crippen LogP contribution in [0.1, 0.15) is 25.0 Å². The summed E-state index contributed by atoms with van der Waals surface area (Å²) in [5, 5.41) is 10.6. The number of aromatic nitrogens is 2. The van der Waals surface area contributed by atoms with Crippen molar-refractivity contribution in [2.75, 3.05) is 0 Å². The molecule has 0 aliphatic rings. The van der Waals surface area contributed by atoms with Gasteiger partial charge in [-0.3, -0.25) is 0 Å². The molecule has 0 bridgehead atoms. The van der Waals surface area contributed by atoms with E-state index in [0.29, 0.717) is 0 Å². The minimum absolute atomic E-state index is 1.07. The standard InChI is InChI=1S/C19H16BrN.C19H17N.BHNS/c1-3-12-8-9-14-15(10-12)17(20)11-16-13-6-4-5-7-18(13)21(2)19(14)16;1-3-13-8-10-15-14(12-13)9-11-17-16-6-4-5-7-18(16)20(2)19(15)17;1-2-3/h4-11H,3H2,1-2H3;4-12H,3H2,1-2H3;3H. The second kappa shape index (κ2) is 12.6. The quantitative estimate of drug-likeness (QED) is 0.141. The van der Waals surface area contributed by atoms with Gasteiger partial charge in [-0.1, -0.05) is 109 Å². The number of fused-ring (bicyclic) bond motifs is 10. The Kier molecular flexibility index (Phi) is 8.66. The fourth-order valence-electron chi connectivity index (χ4n) is 6.59. The number of thiol groups is 1. The molecule has 0 unspecified atom stereocenters. The van der Waals surface area contributed by atoms with Crippen LogP contribution in [0.3, 0.4) is 0 Å². The van der Waals surface area contributed by atoms with Gasteiger partial charge >= 0.3 is 24.8 Å². The van der Waals surface area contributed by atoms with Crippen LogP contribution in [-0.2, 0) is 26.9 Å². The molecule has 0 saturated heterocycles. The first-order chi connectivity index (χ1) is 21.4. The van der Waals surface area contributed by atoms with E-state index in [9.17, 15) is 0 Å². The van der Waals surface area contributed by atoms with E-state index in [1.165, 1.54) is 80.8 Å². The van der Waals surface area contributed by atoms with Crippen LogP contribution in [0, 0.1) is 0 Å². The number of aryl methyl sites for hydroxylation is 4. The van der Waals surface area contributed by atoms with Crippen molar-refractivity contribution in [1.82, 2.24) is 9.13 Å². The third-order valence-corrected chi connectivity index (χ3v) is 9.43. The van der Waals surface area contributed by atoms with Crippen LogP contribution in [0.5, 0.6) is 0 Å². The van der Waals surface area contributed by atoms with Crippen LogP contribution >= 0.6 is 28.7 Å². The predicted octanol–water partition coefficient (Wildman–Crippen LogP) is 11.0. The second-order valence-corrected chi connectivity index (χ2v) is 12.2. The minimum atomic E-state index is 1.07. The molecular formula is C38H34BBrN3S. The number of rotatable bonds is 2. The van der Waals surface area contributed by atoms with E-state index in [4.69, 9.17) is 0 Å². The predicted molar refractivity (Wildman–Crippen MR) is 199 cm³/mol. The zero-order valence-corrected chi connectivity index (χ0v) is 28.0. The Bertz CT molecular complexity index is 2330. The molecule has 3 nitrogen and oxygen atoms in total. The molecule has 8 aromatic rings. The average molecular weight is 655 g/mol. The van der Waals surface area contributed by atoms with Gasteiger partial charge in [0, 0.05) is 61.9 Å². The van der Waals surface area contributed by atoms with Crippen LogP contribution in [0.25, 0.3) is 65.2 Å². The molecule has 0 fully saturated rings. The molecule has 0 N–H and O–H groups in total. The molecule has 2 heterocycles. The van der Waals surface area contributed by atoms with Gasteiger partial charge in [0.15, 0.2) is 0 Å². The van der Waals surface area contributed by atoms with E-state index in [2.05, 4.69) is 181 Å². The van der Waals surface area contributed by atoms with Crippen LogP contribution in [0.4, 0.5) is 0 Å². The van der Waals surface area contributed by atoms with Crippen molar-refractivity contribution in [2.45, 2.75) is 26.7 Å². The van der Waals surface area contributed by atoms with E-state index in [1.807, 2.05) is 0 Å². The Morgan fingerprint density at radius 2 is 1.07 bits per heavy atom. The summed E-state index contributed by atoms with van der Waals surface area (Å²) in [5.41, 5.74) is 8.02. The molecular weight excluding hydrogens is 621 g/mol. The van der Waals surface area contributed by atoms with Crippen molar-refractivity contribution in [1.29, 1.82) is 0 Å². The number of nitrogens with zero attached hydrogens (tertiary/aromatic N) is 3. The molecule has 0 amide bonds. The Morgan fingerprint density at radius 1 is 0.591 bits per heavy atom. The zero-order valence-electron chi connectivity index (χ0n) is 25.5. The third-order valence-electron chi connectivity index (χ3n) is 8.78. The monoisotopic (exact) mass is 654 g/mol. The van der Waals surface area contributed by atoms with Crippen molar-refractivity contribution in [3.8, 4) is 0 Å². The van der Waals surface area contributed by atoms with Gasteiger partial charge in [0.1, 0.15) is 0 Å². The topological polar surface area (TPSA) is 22.2 Å². The molecule has 0 spiro atoms. The molecule has 8 rings (SSSR count). The summed E-state index contributed by atoms with van der Waals surface area (Å²) in [5.74, 6) is 0. The maximum absolute atomic E-state index is 4.34. The van der Waals surface area contributed by atoms with Crippen molar-refractivity contribution < 1.29 is 0 Å². The fraction of sp³-hybridized carbons (Fsp3) is 0.158. The fourth-order valence-corrected chi connectivity index (χ4v) is 7.15. The van der Waals surface area contributed by atoms with Crippen LogP contribution in [-0.4, -0.2) is 16.8 Å². The van der Waals surface area contributed by atoms with Crippen molar-refractivity contribution in [2.24, 2.45) is 18.4 Å². The molecule has 44 heavy (non-hydrogen) atoms. The number of hydrogen-bond acceptors (Lipinski definition) is 2. The normalized spacial score (nSPS) is 11.2. The van der Waals surface area contributed by atoms with Crippen LogP contribution < -0.4 is 0 Å². The molecule has 2 aromatic heterocycles. The number of benzene rings is 6. The van der Waals surface area contributed by atoms with Crippen molar-refractivity contribution in [3.05, 3.63) is 119 Å². The van der Waals surface area contributed by atoms with Gasteiger partial charge in [-0.25, -0.2) is 0 Å². The SMILES string of the molecule is CCc1ccc2c(c1)c(Br)cc1c3ccccc3n(C)c21.CCc1ccc2c(ccc3c4ccccc4n(C)c23)c1.[B]=NS. The van der Waals surface area contributed by atoms with Crippen LogP contribution in [0.2, 0.25) is 0 Å². The maximum atomic E-state index is 4.34. The van der Waals surface area contributed by atoms with Crippen molar-refractivity contribution in [3.63, 3.8) is 0 Å². The number of hydrogen-bond donors (Lipinski definition) is 1. The first-order valence-corrected chi connectivity index (χ1v) is 16.1. The van der Waals surface area contributed by atoms with E-state index in [-0.39, 0.29) is 0 Å². The molecule has 217 valence electrons.